The van der Waals surface area contributed by atoms with Crippen LogP contribution in [0.2, 0.25) is 0 Å². The fourth-order valence-corrected chi connectivity index (χ4v) is 2.69. The van der Waals surface area contributed by atoms with Crippen LogP contribution in [0.4, 0.5) is 5.69 Å². The minimum Gasteiger partial charge on any atom is -0.478 e. The van der Waals surface area contributed by atoms with Gasteiger partial charge in [0.1, 0.15) is 5.56 Å². The van der Waals surface area contributed by atoms with Crippen molar-refractivity contribution in [2.45, 2.75) is 31.7 Å². The normalized spacial score (nSPS) is 16.1. The molecule has 6 heteroatoms. The highest BCUT2D eigenvalue weighted by Gasteiger charge is 2.21. The molecule has 2 heterocycles. The molecule has 0 spiro atoms. The second-order valence-electron chi connectivity index (χ2n) is 4.98. The average Bonchev–Trinajstić information content (AvgIpc) is 3.00. The third-order valence-electron chi connectivity index (χ3n) is 3.70. The van der Waals surface area contributed by atoms with Gasteiger partial charge in [0.2, 0.25) is 0 Å². The van der Waals surface area contributed by atoms with Crippen LogP contribution in [0.25, 0.3) is 11.0 Å². The Hall–Kier alpha value is -2.11. The van der Waals surface area contributed by atoms with Crippen molar-refractivity contribution in [2.24, 2.45) is 7.05 Å². The zero-order valence-corrected chi connectivity index (χ0v) is 10.8. The molecule has 3 rings (SSSR count). The Morgan fingerprint density at radius 1 is 1.42 bits per heavy atom. The van der Waals surface area contributed by atoms with Crippen molar-refractivity contribution in [1.82, 2.24) is 14.8 Å². The van der Waals surface area contributed by atoms with Gasteiger partial charge in [-0.2, -0.15) is 5.10 Å². The van der Waals surface area contributed by atoms with Gasteiger partial charge in [-0.25, -0.2) is 9.78 Å². The zero-order chi connectivity index (χ0) is 13.4. The Labute approximate surface area is 110 Å². The second-order valence-corrected chi connectivity index (χ2v) is 4.98. The number of rotatable bonds is 3. The lowest BCUT2D eigenvalue weighted by Gasteiger charge is -2.16. The highest BCUT2D eigenvalue weighted by molar-refractivity contribution is 6.03. The number of carboxylic acid groups (broad SMARTS) is 1. The Bertz CT molecular complexity index is 629. The molecule has 1 fully saturated rings. The van der Waals surface area contributed by atoms with E-state index >= 15 is 0 Å². The molecule has 0 atom stereocenters. The summed E-state index contributed by atoms with van der Waals surface area (Å²) in [7, 11) is 1.80. The number of aromatic nitrogens is 3. The first-order chi connectivity index (χ1) is 9.16. The van der Waals surface area contributed by atoms with Crippen molar-refractivity contribution < 1.29 is 9.90 Å². The lowest BCUT2D eigenvalue weighted by Crippen LogP contribution is -2.17. The third kappa shape index (κ3) is 2.03. The molecule has 1 saturated carbocycles. The molecule has 0 unspecified atom stereocenters. The summed E-state index contributed by atoms with van der Waals surface area (Å²) in [6, 6.07) is 0.351. The van der Waals surface area contributed by atoms with Crippen molar-refractivity contribution >= 4 is 22.7 Å². The van der Waals surface area contributed by atoms with Crippen LogP contribution in [0.15, 0.2) is 12.4 Å². The number of fused-ring (bicyclic) bond motifs is 1. The van der Waals surface area contributed by atoms with Crippen LogP contribution < -0.4 is 5.32 Å². The highest BCUT2D eigenvalue weighted by Crippen LogP contribution is 2.29. The number of carbonyl (C=O) groups is 1. The minimum absolute atomic E-state index is 0.215. The van der Waals surface area contributed by atoms with Gasteiger partial charge in [0, 0.05) is 19.3 Å². The van der Waals surface area contributed by atoms with Crippen LogP contribution in [0.5, 0.6) is 0 Å². The number of aromatic carboxylic acids is 1. The molecule has 0 amide bonds. The van der Waals surface area contributed by atoms with Crippen molar-refractivity contribution in [3.05, 3.63) is 18.0 Å². The summed E-state index contributed by atoms with van der Waals surface area (Å²) in [5.74, 6) is -0.959. The van der Waals surface area contributed by atoms with Gasteiger partial charge < -0.3 is 10.4 Å². The number of carboxylic acids is 1. The van der Waals surface area contributed by atoms with Crippen molar-refractivity contribution in [3.63, 3.8) is 0 Å². The zero-order valence-electron chi connectivity index (χ0n) is 10.8. The molecule has 19 heavy (non-hydrogen) atoms. The smallest absolute Gasteiger partial charge is 0.339 e. The van der Waals surface area contributed by atoms with Gasteiger partial charge in [-0.05, 0) is 12.8 Å². The van der Waals surface area contributed by atoms with E-state index in [9.17, 15) is 9.90 Å². The number of hydrogen-bond acceptors (Lipinski definition) is 4. The highest BCUT2D eigenvalue weighted by atomic mass is 16.4. The fraction of sp³-hybridized carbons (Fsp3) is 0.462. The number of hydrogen-bond donors (Lipinski definition) is 2. The molecule has 6 nitrogen and oxygen atoms in total. The van der Waals surface area contributed by atoms with Crippen LogP contribution in [-0.4, -0.2) is 31.9 Å². The van der Waals surface area contributed by atoms with Gasteiger partial charge >= 0.3 is 5.97 Å². The molecule has 1 aliphatic carbocycles. The standard InChI is InChI=1S/C13H16N4O2/c1-17-12-9(7-15-17)11(10(6-14-12)13(18)19)16-8-4-2-3-5-8/h6-8H,2-5H2,1H3,(H,14,16)(H,18,19). The molecular weight excluding hydrogens is 244 g/mol. The predicted molar refractivity (Wildman–Crippen MR) is 71.3 cm³/mol. The largest absolute Gasteiger partial charge is 0.478 e. The van der Waals surface area contributed by atoms with Gasteiger partial charge in [0.25, 0.3) is 0 Å². The molecule has 1 aliphatic rings. The van der Waals surface area contributed by atoms with Crippen LogP contribution in [0.3, 0.4) is 0 Å². The van der Waals surface area contributed by atoms with E-state index in [4.69, 9.17) is 0 Å². The SMILES string of the molecule is Cn1ncc2c(NC3CCCC3)c(C(=O)O)cnc21. The summed E-state index contributed by atoms with van der Waals surface area (Å²) in [6.07, 6.45) is 7.64. The van der Waals surface area contributed by atoms with Gasteiger partial charge in [-0.15, -0.1) is 0 Å². The van der Waals surface area contributed by atoms with Crippen LogP contribution in [0, 0.1) is 0 Å². The lowest BCUT2D eigenvalue weighted by atomic mass is 10.1. The molecule has 0 saturated heterocycles. The maximum atomic E-state index is 11.3. The summed E-state index contributed by atoms with van der Waals surface area (Å²) in [4.78, 5) is 15.5. The summed E-state index contributed by atoms with van der Waals surface area (Å²) < 4.78 is 1.65. The number of aryl methyl sites for hydroxylation is 1. The van der Waals surface area contributed by atoms with E-state index in [0.717, 1.165) is 18.2 Å². The van der Waals surface area contributed by atoms with E-state index in [2.05, 4.69) is 15.4 Å². The maximum Gasteiger partial charge on any atom is 0.339 e. The average molecular weight is 260 g/mol. The van der Waals surface area contributed by atoms with E-state index in [1.165, 1.54) is 19.0 Å². The van der Waals surface area contributed by atoms with Gasteiger partial charge in [-0.1, -0.05) is 12.8 Å². The summed E-state index contributed by atoms with van der Waals surface area (Å²) in [5.41, 5.74) is 1.57. The van der Waals surface area contributed by atoms with Crippen molar-refractivity contribution in [3.8, 4) is 0 Å². The number of pyridine rings is 1. The topological polar surface area (TPSA) is 80.0 Å². The monoisotopic (exact) mass is 260 g/mol. The van der Waals surface area contributed by atoms with E-state index < -0.39 is 5.97 Å². The second kappa shape index (κ2) is 4.53. The van der Waals surface area contributed by atoms with Crippen molar-refractivity contribution in [1.29, 1.82) is 0 Å². The summed E-state index contributed by atoms with van der Waals surface area (Å²) >= 11 is 0. The van der Waals surface area contributed by atoms with E-state index in [1.807, 2.05) is 0 Å². The summed E-state index contributed by atoms with van der Waals surface area (Å²) in [6.45, 7) is 0. The lowest BCUT2D eigenvalue weighted by molar-refractivity contribution is 0.0697. The minimum atomic E-state index is -0.959. The Kier molecular flexibility index (Phi) is 2.85. The molecule has 0 bridgehead atoms. The first-order valence-corrected chi connectivity index (χ1v) is 6.47. The molecule has 0 radical (unpaired) electrons. The predicted octanol–water partition coefficient (Wildman–Crippen LogP) is 2.02. The first-order valence-electron chi connectivity index (χ1n) is 6.47. The maximum absolute atomic E-state index is 11.3. The fourth-order valence-electron chi connectivity index (χ4n) is 2.69. The molecule has 2 aromatic heterocycles. The first kappa shape index (κ1) is 12.0. The van der Waals surface area contributed by atoms with Crippen LogP contribution >= 0.6 is 0 Å². The number of anilines is 1. The summed E-state index contributed by atoms with van der Waals surface area (Å²) in [5, 5.41) is 17.6. The Balaban J connectivity index is 2.10. The molecular formula is C13H16N4O2. The van der Waals surface area contributed by atoms with Gasteiger partial charge in [0.15, 0.2) is 5.65 Å². The van der Waals surface area contributed by atoms with Gasteiger partial charge in [0.05, 0.1) is 17.3 Å². The Morgan fingerprint density at radius 2 is 2.16 bits per heavy atom. The molecule has 2 N–H and O–H groups in total. The number of nitrogens with zero attached hydrogens (tertiary/aromatic N) is 3. The van der Waals surface area contributed by atoms with E-state index in [1.54, 1.807) is 17.9 Å². The van der Waals surface area contributed by atoms with Crippen LogP contribution in [0.1, 0.15) is 36.0 Å². The number of nitrogens with one attached hydrogen (secondary N) is 1. The van der Waals surface area contributed by atoms with Crippen molar-refractivity contribution in [2.75, 3.05) is 5.32 Å². The molecule has 0 aromatic carbocycles. The quantitative estimate of drug-likeness (QED) is 0.882. The third-order valence-corrected chi connectivity index (χ3v) is 3.70. The molecule has 100 valence electrons. The van der Waals surface area contributed by atoms with E-state index in [0.29, 0.717) is 17.4 Å². The van der Waals surface area contributed by atoms with Crippen LogP contribution in [-0.2, 0) is 7.05 Å². The van der Waals surface area contributed by atoms with Gasteiger partial charge in [-0.3, -0.25) is 4.68 Å². The molecule has 0 aliphatic heterocycles. The molecule has 2 aromatic rings. The van der Waals surface area contributed by atoms with E-state index in [-0.39, 0.29) is 5.56 Å². The Morgan fingerprint density at radius 3 is 2.84 bits per heavy atom.